The second-order valence-electron chi connectivity index (χ2n) is 8.04. The quantitative estimate of drug-likeness (QED) is 0.342. The molecule has 2 aromatic carbocycles. The van der Waals surface area contributed by atoms with E-state index in [9.17, 15) is 14.4 Å². The van der Waals surface area contributed by atoms with Crippen LogP contribution in [0.1, 0.15) is 55.0 Å². The van der Waals surface area contributed by atoms with E-state index < -0.39 is 6.04 Å². The van der Waals surface area contributed by atoms with Gasteiger partial charge >= 0.3 is 0 Å². The van der Waals surface area contributed by atoms with Crippen LogP contribution in [0.2, 0.25) is 0 Å². The maximum atomic E-state index is 14.0. The summed E-state index contributed by atoms with van der Waals surface area (Å²) in [5.74, 6) is -0.290. The summed E-state index contributed by atoms with van der Waals surface area (Å²) < 4.78 is 5.35. The fourth-order valence-electron chi connectivity index (χ4n) is 3.83. The maximum Gasteiger partial charge on any atom is 0.271 e. The topological polar surface area (TPSA) is 92.5 Å². The minimum Gasteiger partial charge on any atom is -0.467 e. The highest BCUT2D eigenvalue weighted by molar-refractivity contribution is 7.13. The van der Waals surface area contributed by atoms with Crippen LogP contribution in [0.25, 0.3) is 0 Å². The molecule has 8 heteroatoms. The van der Waals surface area contributed by atoms with Gasteiger partial charge in [-0.2, -0.15) is 0 Å². The van der Waals surface area contributed by atoms with E-state index in [2.05, 4.69) is 10.3 Å². The summed E-state index contributed by atoms with van der Waals surface area (Å²) in [6.45, 7) is 5.24. The summed E-state index contributed by atoms with van der Waals surface area (Å²) in [4.78, 5) is 46.1. The standard InChI is InChI=1S/C27H25N3O4S/c1-17-25(35-19(3)29-17)27(33)30(22-12-7-11-21(15-22)18(2)31)24(20-9-5-4-6-10-20)26(32)28-16-23-13-8-14-34-23/h4-15,24H,16H2,1-3H3,(H,28,32)/t24-/m0/s1. The van der Waals surface area contributed by atoms with Gasteiger partial charge in [0.1, 0.15) is 16.7 Å². The highest BCUT2D eigenvalue weighted by Crippen LogP contribution is 2.32. The number of carbonyl (C=O) groups is 3. The molecule has 1 N–H and O–H groups in total. The lowest BCUT2D eigenvalue weighted by Crippen LogP contribution is -2.44. The van der Waals surface area contributed by atoms with Crippen molar-refractivity contribution < 1.29 is 18.8 Å². The van der Waals surface area contributed by atoms with Crippen LogP contribution in [0.3, 0.4) is 0 Å². The van der Waals surface area contributed by atoms with Gasteiger partial charge < -0.3 is 9.73 Å². The van der Waals surface area contributed by atoms with Crippen molar-refractivity contribution in [2.45, 2.75) is 33.4 Å². The Hall–Kier alpha value is -4.04. The lowest BCUT2D eigenvalue weighted by Gasteiger charge is -2.31. The van der Waals surface area contributed by atoms with E-state index in [1.807, 2.05) is 25.1 Å². The van der Waals surface area contributed by atoms with Crippen LogP contribution in [0, 0.1) is 13.8 Å². The summed E-state index contributed by atoms with van der Waals surface area (Å²) in [5, 5.41) is 3.64. The lowest BCUT2D eigenvalue weighted by molar-refractivity contribution is -0.122. The van der Waals surface area contributed by atoms with Crippen LogP contribution >= 0.6 is 11.3 Å². The van der Waals surface area contributed by atoms with Gasteiger partial charge in [-0.3, -0.25) is 19.3 Å². The van der Waals surface area contributed by atoms with E-state index in [4.69, 9.17) is 4.42 Å². The van der Waals surface area contributed by atoms with Crippen molar-refractivity contribution in [2.24, 2.45) is 0 Å². The monoisotopic (exact) mass is 487 g/mol. The molecule has 0 aliphatic rings. The average molecular weight is 488 g/mol. The zero-order valence-electron chi connectivity index (χ0n) is 19.6. The molecule has 2 amide bonds. The fourth-order valence-corrected chi connectivity index (χ4v) is 4.69. The number of carbonyl (C=O) groups excluding carboxylic acids is 3. The van der Waals surface area contributed by atoms with Crippen molar-refractivity contribution in [1.82, 2.24) is 10.3 Å². The highest BCUT2D eigenvalue weighted by Gasteiger charge is 2.35. The van der Waals surface area contributed by atoms with Crippen LogP contribution in [0.15, 0.2) is 77.4 Å². The maximum absolute atomic E-state index is 14.0. The molecule has 0 radical (unpaired) electrons. The van der Waals surface area contributed by atoms with Gasteiger partial charge in [-0.15, -0.1) is 11.3 Å². The summed E-state index contributed by atoms with van der Waals surface area (Å²) in [6.07, 6.45) is 1.54. The van der Waals surface area contributed by atoms with Crippen molar-refractivity contribution in [3.63, 3.8) is 0 Å². The number of thiazole rings is 1. The Morgan fingerprint density at radius 2 is 1.80 bits per heavy atom. The first-order chi connectivity index (χ1) is 16.8. The molecule has 35 heavy (non-hydrogen) atoms. The summed E-state index contributed by atoms with van der Waals surface area (Å²) in [5.41, 5.74) is 2.11. The minimum absolute atomic E-state index is 0.136. The number of nitrogens with one attached hydrogen (secondary N) is 1. The number of anilines is 1. The third kappa shape index (κ3) is 5.38. The average Bonchev–Trinajstić information content (AvgIpc) is 3.50. The van der Waals surface area contributed by atoms with E-state index in [0.29, 0.717) is 33.1 Å². The Bertz CT molecular complexity index is 1350. The molecule has 0 saturated carbocycles. The number of benzene rings is 2. The van der Waals surface area contributed by atoms with Gasteiger partial charge in [0, 0.05) is 11.3 Å². The molecule has 2 heterocycles. The second-order valence-corrected chi connectivity index (χ2v) is 9.24. The second kappa shape index (κ2) is 10.5. The van der Waals surface area contributed by atoms with Crippen molar-refractivity contribution >= 4 is 34.6 Å². The van der Waals surface area contributed by atoms with Crippen molar-refractivity contribution in [1.29, 1.82) is 0 Å². The number of hydrogen-bond acceptors (Lipinski definition) is 6. The largest absolute Gasteiger partial charge is 0.467 e. The van der Waals surface area contributed by atoms with Crippen LogP contribution in [-0.4, -0.2) is 22.6 Å². The zero-order valence-corrected chi connectivity index (χ0v) is 20.5. The molecule has 0 aliphatic carbocycles. The number of aromatic nitrogens is 1. The van der Waals surface area contributed by atoms with E-state index in [-0.39, 0.29) is 24.1 Å². The molecule has 0 bridgehead atoms. The summed E-state index contributed by atoms with van der Waals surface area (Å²) >= 11 is 1.28. The molecule has 0 fully saturated rings. The van der Waals surface area contributed by atoms with E-state index in [1.54, 1.807) is 55.5 Å². The molecule has 2 aromatic heterocycles. The van der Waals surface area contributed by atoms with Gasteiger partial charge in [-0.1, -0.05) is 42.5 Å². The number of ketones is 1. The molecule has 0 spiro atoms. The van der Waals surface area contributed by atoms with Gasteiger partial charge in [-0.05, 0) is 50.6 Å². The van der Waals surface area contributed by atoms with Gasteiger partial charge in [0.15, 0.2) is 5.78 Å². The number of amides is 2. The first kappa shape index (κ1) is 24.1. The number of furan rings is 1. The van der Waals surface area contributed by atoms with Crippen LogP contribution in [0.4, 0.5) is 5.69 Å². The van der Waals surface area contributed by atoms with Crippen molar-refractivity contribution in [2.75, 3.05) is 4.90 Å². The van der Waals surface area contributed by atoms with Crippen LogP contribution in [0.5, 0.6) is 0 Å². The van der Waals surface area contributed by atoms with Crippen LogP contribution in [-0.2, 0) is 11.3 Å². The third-order valence-corrected chi connectivity index (χ3v) is 6.55. The third-order valence-electron chi connectivity index (χ3n) is 5.49. The van der Waals surface area contributed by atoms with Gasteiger partial charge in [0.05, 0.1) is 23.5 Å². The van der Waals surface area contributed by atoms with Gasteiger partial charge in [0.25, 0.3) is 5.91 Å². The number of hydrogen-bond donors (Lipinski definition) is 1. The SMILES string of the molecule is CC(=O)c1cccc(N(C(=O)c2sc(C)nc2C)[C@H](C(=O)NCc2ccco2)c2ccccc2)c1. The Morgan fingerprint density at radius 1 is 1.03 bits per heavy atom. The van der Waals surface area contributed by atoms with E-state index in [1.165, 1.54) is 29.4 Å². The normalized spacial score (nSPS) is 11.6. The first-order valence-corrected chi connectivity index (χ1v) is 11.9. The molecule has 0 saturated heterocycles. The molecular formula is C27H25N3O4S. The smallest absolute Gasteiger partial charge is 0.271 e. The lowest BCUT2D eigenvalue weighted by atomic mass is 10.0. The predicted molar refractivity (Wildman–Crippen MR) is 135 cm³/mol. The number of aryl methyl sites for hydroxylation is 2. The number of Topliss-reactive ketones (excluding diaryl/α,β-unsaturated/α-hetero) is 1. The summed E-state index contributed by atoms with van der Waals surface area (Å²) in [6, 6.07) is 18.4. The molecule has 0 unspecified atom stereocenters. The number of nitrogens with zero attached hydrogens (tertiary/aromatic N) is 2. The molecule has 4 rings (SSSR count). The first-order valence-electron chi connectivity index (χ1n) is 11.1. The number of rotatable bonds is 8. The minimum atomic E-state index is -0.998. The zero-order chi connectivity index (χ0) is 24.9. The Kier molecular flexibility index (Phi) is 7.22. The summed E-state index contributed by atoms with van der Waals surface area (Å²) in [7, 11) is 0. The Balaban J connectivity index is 1.84. The molecule has 7 nitrogen and oxygen atoms in total. The molecule has 0 aliphatic heterocycles. The molecule has 4 aromatic rings. The fraction of sp³-hybridized carbons (Fsp3) is 0.185. The molecule has 178 valence electrons. The Morgan fingerprint density at radius 3 is 2.43 bits per heavy atom. The van der Waals surface area contributed by atoms with Gasteiger partial charge in [-0.25, -0.2) is 4.98 Å². The highest BCUT2D eigenvalue weighted by atomic mass is 32.1. The predicted octanol–water partition coefficient (Wildman–Crippen LogP) is 5.26. The Labute approximate surface area is 207 Å². The van der Waals surface area contributed by atoms with Crippen LogP contribution < -0.4 is 10.2 Å². The molecular weight excluding hydrogens is 462 g/mol. The van der Waals surface area contributed by atoms with Gasteiger partial charge in [0.2, 0.25) is 5.91 Å². The molecule has 1 atom stereocenters. The van der Waals surface area contributed by atoms with E-state index in [0.717, 1.165) is 5.01 Å². The van der Waals surface area contributed by atoms with Crippen molar-refractivity contribution in [3.8, 4) is 0 Å². The van der Waals surface area contributed by atoms with Crippen molar-refractivity contribution in [3.05, 3.63) is 105 Å². The van der Waals surface area contributed by atoms with E-state index >= 15 is 0 Å².